The zero-order valence-electron chi connectivity index (χ0n) is 18.0. The maximum absolute atomic E-state index is 13.5. The van der Waals surface area contributed by atoms with Gasteiger partial charge in [0.05, 0.1) is 10.5 Å². The summed E-state index contributed by atoms with van der Waals surface area (Å²) in [7, 11) is -4.20. The maximum Gasteiger partial charge on any atom is 0.416 e. The molecule has 180 valence electrons. The number of alkyl halides is 3. The van der Waals surface area contributed by atoms with E-state index in [9.17, 15) is 30.8 Å². The molecule has 1 aliphatic rings. The third-order valence-electron chi connectivity index (χ3n) is 5.35. The Labute approximate surface area is 199 Å². The summed E-state index contributed by atoms with van der Waals surface area (Å²) in [5.74, 6) is -1.20. The molecule has 0 spiro atoms. The topological polar surface area (TPSA) is 67.3 Å². The molecule has 4 rings (SSSR count). The van der Waals surface area contributed by atoms with Crippen molar-refractivity contribution >= 4 is 28.0 Å². The van der Waals surface area contributed by atoms with Gasteiger partial charge in [-0.25, -0.2) is 12.8 Å². The first-order valence-corrected chi connectivity index (χ1v) is 11.8. The highest BCUT2D eigenvalue weighted by Gasteiger charge is 2.36. The number of carbonyl (C=O) groups excluding carboxylic acids is 1. The molecule has 0 bridgehead atoms. The number of benzene rings is 2. The number of aromatic nitrogens is 1. The Balaban J connectivity index is 1.82. The molecule has 0 radical (unpaired) electrons. The van der Waals surface area contributed by atoms with Gasteiger partial charge in [0, 0.05) is 36.6 Å². The molecule has 1 saturated heterocycles. The molecule has 10 heteroatoms. The van der Waals surface area contributed by atoms with Crippen molar-refractivity contribution in [3.8, 4) is 0 Å². The van der Waals surface area contributed by atoms with E-state index in [1.807, 2.05) is 0 Å². The minimum atomic E-state index is -4.67. The van der Waals surface area contributed by atoms with Crippen molar-refractivity contribution in [1.82, 2.24) is 9.29 Å². The molecule has 0 saturated carbocycles. The third kappa shape index (κ3) is 5.39. The van der Waals surface area contributed by atoms with E-state index in [0.29, 0.717) is 5.56 Å². The Morgan fingerprint density at radius 2 is 1.54 bits per heavy atom. The fourth-order valence-corrected chi connectivity index (χ4v) is 5.06. The van der Waals surface area contributed by atoms with Crippen molar-refractivity contribution in [3.05, 3.63) is 107 Å². The van der Waals surface area contributed by atoms with Gasteiger partial charge in [-0.05, 0) is 59.7 Å². The normalized spacial score (nSPS) is 17.8. The molecule has 1 aromatic heterocycles. The van der Waals surface area contributed by atoms with Crippen LogP contribution in [0.15, 0.2) is 89.1 Å². The number of rotatable bonds is 4. The van der Waals surface area contributed by atoms with Crippen LogP contribution in [0.1, 0.15) is 16.7 Å². The lowest BCUT2D eigenvalue weighted by Gasteiger charge is -2.29. The average Bonchev–Trinajstić information content (AvgIpc) is 2.82. The number of nitrogens with zero attached hydrogens (tertiary/aromatic N) is 2. The summed E-state index contributed by atoms with van der Waals surface area (Å²) >= 11 is 0. The molecule has 0 N–H and O–H groups in total. The molecule has 3 aromatic rings. The average molecular weight is 502 g/mol. The number of halogens is 4. The standard InChI is InChI=1S/C25H18F4N2O3S/c26-21-7-9-22(10-8-21)35(33,34)31-15-19(12-17-4-3-11-30-14-17)24(32)20(16-31)13-18-5-1-2-6-23(18)25(27,28)29/h1-14H,15-16H2/b19-12+,20-13+. The number of ketones is 1. The number of hydrogen-bond acceptors (Lipinski definition) is 4. The second-order valence-corrected chi connectivity index (χ2v) is 9.70. The number of Topliss-reactive ketones (excluding diaryl/α,β-unsaturated/α-hetero) is 1. The van der Waals surface area contributed by atoms with Gasteiger partial charge in [0.25, 0.3) is 0 Å². The molecule has 0 aliphatic carbocycles. The van der Waals surface area contributed by atoms with Gasteiger partial charge in [-0.1, -0.05) is 24.3 Å². The lowest BCUT2D eigenvalue weighted by molar-refractivity contribution is -0.137. The Hall–Kier alpha value is -3.63. The Morgan fingerprint density at radius 3 is 2.17 bits per heavy atom. The van der Waals surface area contributed by atoms with Gasteiger partial charge in [0.2, 0.25) is 10.0 Å². The largest absolute Gasteiger partial charge is 0.416 e. The van der Waals surface area contributed by atoms with E-state index in [-0.39, 0.29) is 28.1 Å². The van der Waals surface area contributed by atoms with Crippen molar-refractivity contribution in [3.63, 3.8) is 0 Å². The molecular formula is C25H18F4N2O3S. The number of sulfonamides is 1. The van der Waals surface area contributed by atoms with E-state index in [2.05, 4.69) is 4.98 Å². The van der Waals surface area contributed by atoms with E-state index in [1.165, 1.54) is 36.7 Å². The fourth-order valence-electron chi connectivity index (χ4n) is 3.66. The minimum absolute atomic E-state index is 0.0608. The number of pyridine rings is 1. The molecule has 1 aliphatic heterocycles. The molecule has 1 fully saturated rings. The maximum atomic E-state index is 13.5. The number of hydrogen-bond donors (Lipinski definition) is 0. The summed E-state index contributed by atoms with van der Waals surface area (Å²) in [6.45, 7) is -0.763. The summed E-state index contributed by atoms with van der Waals surface area (Å²) in [5, 5.41) is 0. The predicted octanol–water partition coefficient (Wildman–Crippen LogP) is 4.98. The van der Waals surface area contributed by atoms with Crippen LogP contribution >= 0.6 is 0 Å². The van der Waals surface area contributed by atoms with Crippen molar-refractivity contribution in [1.29, 1.82) is 0 Å². The Bertz CT molecular complexity index is 1420. The molecule has 0 atom stereocenters. The molecule has 2 aromatic carbocycles. The lowest BCUT2D eigenvalue weighted by atomic mass is 9.94. The Morgan fingerprint density at radius 1 is 0.886 bits per heavy atom. The van der Waals surface area contributed by atoms with Gasteiger partial charge in [-0.3, -0.25) is 9.78 Å². The lowest BCUT2D eigenvalue weighted by Crippen LogP contribution is -2.41. The first kappa shape index (κ1) is 24.5. The van der Waals surface area contributed by atoms with Crippen LogP contribution in [-0.4, -0.2) is 36.6 Å². The SMILES string of the molecule is O=C1/C(=C/c2cccnc2)CN(S(=O)(=O)c2ccc(F)cc2)C/C1=C\c1ccccc1C(F)(F)F. The number of carbonyl (C=O) groups is 1. The van der Waals surface area contributed by atoms with E-state index in [4.69, 9.17) is 0 Å². The van der Waals surface area contributed by atoms with Crippen LogP contribution in [0.5, 0.6) is 0 Å². The van der Waals surface area contributed by atoms with Crippen molar-refractivity contribution in [2.24, 2.45) is 0 Å². The summed E-state index contributed by atoms with van der Waals surface area (Å²) in [5.41, 5.74) is -0.756. The third-order valence-corrected chi connectivity index (χ3v) is 7.16. The van der Waals surface area contributed by atoms with Gasteiger partial charge < -0.3 is 0 Å². The molecule has 0 unspecified atom stereocenters. The molecule has 5 nitrogen and oxygen atoms in total. The first-order valence-electron chi connectivity index (χ1n) is 10.3. The van der Waals surface area contributed by atoms with Crippen molar-refractivity contribution < 1.29 is 30.8 Å². The van der Waals surface area contributed by atoms with Crippen LogP contribution in [0.2, 0.25) is 0 Å². The van der Waals surface area contributed by atoms with Crippen LogP contribution in [0, 0.1) is 5.82 Å². The van der Waals surface area contributed by atoms with E-state index < -0.39 is 39.9 Å². The van der Waals surface area contributed by atoms with E-state index >= 15 is 0 Å². The monoisotopic (exact) mass is 502 g/mol. The van der Waals surface area contributed by atoms with E-state index in [0.717, 1.165) is 40.7 Å². The van der Waals surface area contributed by atoms with Gasteiger partial charge in [-0.15, -0.1) is 0 Å². The quantitative estimate of drug-likeness (QED) is 0.373. The van der Waals surface area contributed by atoms with Gasteiger partial charge in [0.1, 0.15) is 5.82 Å². The summed E-state index contributed by atoms with van der Waals surface area (Å²) in [4.78, 5) is 17.0. The summed E-state index contributed by atoms with van der Waals surface area (Å²) in [6.07, 6.45) is 0.838. The molecule has 2 heterocycles. The highest BCUT2D eigenvalue weighted by Crippen LogP contribution is 2.34. The predicted molar refractivity (Wildman–Crippen MR) is 122 cm³/mol. The first-order chi connectivity index (χ1) is 16.6. The van der Waals surface area contributed by atoms with Crippen LogP contribution < -0.4 is 0 Å². The van der Waals surface area contributed by atoms with Crippen LogP contribution in [0.25, 0.3) is 12.2 Å². The van der Waals surface area contributed by atoms with Gasteiger partial charge >= 0.3 is 6.18 Å². The summed E-state index contributed by atoms with van der Waals surface area (Å²) < 4.78 is 81.4. The van der Waals surface area contributed by atoms with Crippen molar-refractivity contribution in [2.75, 3.05) is 13.1 Å². The Kier molecular flexibility index (Phi) is 6.68. The van der Waals surface area contributed by atoms with Crippen LogP contribution in [0.3, 0.4) is 0 Å². The number of piperidine rings is 1. The smallest absolute Gasteiger partial charge is 0.289 e. The fraction of sp³-hybridized carbons (Fsp3) is 0.120. The van der Waals surface area contributed by atoms with Crippen LogP contribution in [0.4, 0.5) is 17.6 Å². The van der Waals surface area contributed by atoms with E-state index in [1.54, 1.807) is 12.1 Å². The molecular weight excluding hydrogens is 484 g/mol. The highest BCUT2D eigenvalue weighted by molar-refractivity contribution is 7.89. The highest BCUT2D eigenvalue weighted by atomic mass is 32.2. The van der Waals surface area contributed by atoms with Crippen molar-refractivity contribution in [2.45, 2.75) is 11.1 Å². The zero-order valence-corrected chi connectivity index (χ0v) is 18.9. The second-order valence-electron chi connectivity index (χ2n) is 7.77. The van der Waals surface area contributed by atoms with Crippen LogP contribution in [-0.2, 0) is 21.0 Å². The van der Waals surface area contributed by atoms with Gasteiger partial charge in [-0.2, -0.15) is 17.5 Å². The van der Waals surface area contributed by atoms with Gasteiger partial charge in [0.15, 0.2) is 5.78 Å². The molecule has 0 amide bonds. The second kappa shape index (κ2) is 9.55. The molecule has 35 heavy (non-hydrogen) atoms. The minimum Gasteiger partial charge on any atom is -0.289 e. The zero-order chi connectivity index (χ0) is 25.2. The summed E-state index contributed by atoms with van der Waals surface area (Å²) in [6, 6.07) is 12.2.